The van der Waals surface area contributed by atoms with Crippen molar-refractivity contribution in [2.24, 2.45) is 0 Å². The van der Waals surface area contributed by atoms with Crippen molar-refractivity contribution in [3.05, 3.63) is 22.4 Å². The fourth-order valence-corrected chi connectivity index (χ4v) is 2.73. The van der Waals surface area contributed by atoms with Crippen molar-refractivity contribution in [1.29, 1.82) is 0 Å². The molecule has 0 radical (unpaired) electrons. The van der Waals surface area contributed by atoms with Crippen molar-refractivity contribution in [1.82, 2.24) is 29.4 Å². The lowest BCUT2D eigenvalue weighted by molar-refractivity contribution is 0.122. The van der Waals surface area contributed by atoms with Gasteiger partial charge in [0, 0.05) is 38.3 Å². The first-order valence-electron chi connectivity index (χ1n) is 7.12. The quantitative estimate of drug-likeness (QED) is 0.785. The largest absolute Gasteiger partial charge is 0.368 e. The molecule has 3 rings (SSSR count). The van der Waals surface area contributed by atoms with E-state index in [0.29, 0.717) is 17.5 Å². The molecule has 0 aliphatic carbocycles. The maximum atomic E-state index is 11.6. The Hall–Kier alpha value is -1.93. The minimum atomic E-state index is -0.254. The van der Waals surface area contributed by atoms with Gasteiger partial charge in [0.15, 0.2) is 5.65 Å². The van der Waals surface area contributed by atoms with Gasteiger partial charge in [-0.25, -0.2) is 19.3 Å². The molecule has 0 amide bonds. The summed E-state index contributed by atoms with van der Waals surface area (Å²) in [6, 6.07) is 2.24. The van der Waals surface area contributed by atoms with Gasteiger partial charge in [-0.05, 0) is 21.0 Å². The number of nitrogens with zero attached hydrogens (tertiary/aromatic N) is 5. The number of nitrogens with one attached hydrogen (secondary N) is 2. The maximum absolute atomic E-state index is 11.6. The van der Waals surface area contributed by atoms with Crippen LogP contribution in [-0.2, 0) is 0 Å². The van der Waals surface area contributed by atoms with Crippen molar-refractivity contribution in [2.45, 2.75) is 13.0 Å². The summed E-state index contributed by atoms with van der Waals surface area (Å²) in [4.78, 5) is 20.7. The number of hydrogen-bond donors (Lipinski definition) is 2. The molecule has 2 aromatic heterocycles. The van der Waals surface area contributed by atoms with E-state index in [9.17, 15) is 4.79 Å². The molecule has 8 heteroatoms. The standard InChI is InChI=1S/C13H21N7O/c1-9-15-11(6-12-16-17-13(21)20(9)12)14-7-10-8-18(2)4-5-19(10)3/h6,10,14H,4-5,7-8H2,1-3H3,(H,17,21). The molecule has 8 nitrogen and oxygen atoms in total. The van der Waals surface area contributed by atoms with Gasteiger partial charge in [-0.2, -0.15) is 5.10 Å². The minimum Gasteiger partial charge on any atom is -0.368 e. The van der Waals surface area contributed by atoms with E-state index >= 15 is 0 Å². The van der Waals surface area contributed by atoms with Gasteiger partial charge in [-0.1, -0.05) is 0 Å². The lowest BCUT2D eigenvalue weighted by Gasteiger charge is -2.37. The van der Waals surface area contributed by atoms with E-state index < -0.39 is 0 Å². The van der Waals surface area contributed by atoms with E-state index in [-0.39, 0.29) is 5.69 Å². The molecule has 1 saturated heterocycles. The third kappa shape index (κ3) is 2.77. The molecule has 0 saturated carbocycles. The van der Waals surface area contributed by atoms with E-state index in [1.54, 1.807) is 13.0 Å². The zero-order valence-electron chi connectivity index (χ0n) is 12.6. The van der Waals surface area contributed by atoms with E-state index in [0.717, 1.165) is 32.0 Å². The molecule has 1 unspecified atom stereocenters. The van der Waals surface area contributed by atoms with Crippen molar-refractivity contribution < 1.29 is 0 Å². The van der Waals surface area contributed by atoms with E-state index in [1.165, 1.54) is 4.40 Å². The molecule has 0 spiro atoms. The number of aromatic nitrogens is 4. The van der Waals surface area contributed by atoms with Crippen molar-refractivity contribution in [2.75, 3.05) is 45.6 Å². The first-order chi connectivity index (χ1) is 10.0. The Morgan fingerprint density at radius 3 is 3.05 bits per heavy atom. The molecule has 2 N–H and O–H groups in total. The Balaban J connectivity index is 1.74. The number of aromatic amines is 1. The third-order valence-electron chi connectivity index (χ3n) is 4.07. The summed E-state index contributed by atoms with van der Waals surface area (Å²) in [6.07, 6.45) is 0. The predicted octanol–water partition coefficient (Wildman–Crippen LogP) is -0.616. The van der Waals surface area contributed by atoms with Crippen LogP contribution in [-0.4, -0.2) is 75.7 Å². The second kappa shape index (κ2) is 5.45. The van der Waals surface area contributed by atoms with Crippen LogP contribution in [0.4, 0.5) is 5.82 Å². The number of anilines is 1. The maximum Gasteiger partial charge on any atom is 0.349 e. The van der Waals surface area contributed by atoms with Crippen molar-refractivity contribution >= 4 is 11.5 Å². The summed E-state index contributed by atoms with van der Waals surface area (Å²) in [5.74, 6) is 1.38. The molecule has 1 aliphatic rings. The van der Waals surface area contributed by atoms with Crippen LogP contribution in [0.15, 0.2) is 10.9 Å². The third-order valence-corrected chi connectivity index (χ3v) is 4.07. The Morgan fingerprint density at radius 2 is 2.24 bits per heavy atom. The van der Waals surface area contributed by atoms with Crippen LogP contribution < -0.4 is 11.0 Å². The fraction of sp³-hybridized carbons (Fsp3) is 0.615. The lowest BCUT2D eigenvalue weighted by Crippen LogP contribution is -2.52. The highest BCUT2D eigenvalue weighted by molar-refractivity contribution is 5.49. The number of piperazine rings is 1. The molecule has 21 heavy (non-hydrogen) atoms. The first kappa shape index (κ1) is 14.0. The van der Waals surface area contributed by atoms with Gasteiger partial charge in [-0.15, -0.1) is 0 Å². The Labute approximate surface area is 122 Å². The lowest BCUT2D eigenvalue weighted by atomic mass is 10.2. The van der Waals surface area contributed by atoms with E-state index in [4.69, 9.17) is 0 Å². The van der Waals surface area contributed by atoms with Crippen LogP contribution in [0.3, 0.4) is 0 Å². The molecule has 1 fully saturated rings. The molecule has 1 aliphatic heterocycles. The molecular formula is C13H21N7O. The van der Waals surface area contributed by atoms with Crippen molar-refractivity contribution in [3.8, 4) is 0 Å². The zero-order chi connectivity index (χ0) is 15.0. The zero-order valence-corrected chi connectivity index (χ0v) is 12.6. The normalized spacial score (nSPS) is 21.0. The molecule has 2 aromatic rings. The molecule has 114 valence electrons. The van der Waals surface area contributed by atoms with Crippen LogP contribution >= 0.6 is 0 Å². The highest BCUT2D eigenvalue weighted by Crippen LogP contribution is 2.10. The molecule has 1 atom stereocenters. The Bertz CT molecular complexity index is 691. The first-order valence-corrected chi connectivity index (χ1v) is 7.12. The van der Waals surface area contributed by atoms with Gasteiger partial charge >= 0.3 is 5.69 Å². The highest BCUT2D eigenvalue weighted by Gasteiger charge is 2.21. The van der Waals surface area contributed by atoms with Gasteiger partial charge < -0.3 is 10.2 Å². The average molecular weight is 291 g/mol. The summed E-state index contributed by atoms with van der Waals surface area (Å²) in [5.41, 5.74) is 0.333. The van der Waals surface area contributed by atoms with Crippen LogP contribution in [0.1, 0.15) is 5.82 Å². The molecule has 3 heterocycles. The van der Waals surface area contributed by atoms with Gasteiger partial charge in [0.2, 0.25) is 0 Å². The number of rotatable bonds is 3. The summed E-state index contributed by atoms with van der Waals surface area (Å²) < 4.78 is 1.46. The van der Waals surface area contributed by atoms with E-state index in [1.807, 2.05) is 0 Å². The van der Waals surface area contributed by atoms with Crippen LogP contribution in [0.25, 0.3) is 5.65 Å². The minimum absolute atomic E-state index is 0.254. The summed E-state index contributed by atoms with van der Waals surface area (Å²) in [6.45, 7) is 5.83. The number of H-pyrrole nitrogens is 1. The Morgan fingerprint density at radius 1 is 1.43 bits per heavy atom. The second-order valence-electron chi connectivity index (χ2n) is 5.69. The van der Waals surface area contributed by atoms with Crippen LogP contribution in [0, 0.1) is 6.92 Å². The van der Waals surface area contributed by atoms with Crippen LogP contribution in [0.2, 0.25) is 0 Å². The van der Waals surface area contributed by atoms with Crippen molar-refractivity contribution in [3.63, 3.8) is 0 Å². The average Bonchev–Trinajstić information content (AvgIpc) is 2.82. The molecular weight excluding hydrogens is 270 g/mol. The Kier molecular flexibility index (Phi) is 3.64. The highest BCUT2D eigenvalue weighted by atomic mass is 16.1. The number of fused-ring (bicyclic) bond motifs is 1. The van der Waals surface area contributed by atoms with Gasteiger partial charge in [0.1, 0.15) is 11.6 Å². The van der Waals surface area contributed by atoms with Gasteiger partial charge in [0.25, 0.3) is 0 Å². The smallest absolute Gasteiger partial charge is 0.349 e. The second-order valence-corrected chi connectivity index (χ2v) is 5.69. The fourth-order valence-electron chi connectivity index (χ4n) is 2.73. The SMILES string of the molecule is Cc1nc(NCC2CN(C)CCN2C)cc2n[nH]c(=O)n12. The number of aryl methyl sites for hydroxylation is 1. The summed E-state index contributed by atoms with van der Waals surface area (Å²) >= 11 is 0. The van der Waals surface area contributed by atoms with E-state index in [2.05, 4.69) is 44.4 Å². The summed E-state index contributed by atoms with van der Waals surface area (Å²) in [5, 5.41) is 9.78. The number of likely N-dealkylation sites (N-methyl/N-ethyl adjacent to an activating group) is 2. The van der Waals surface area contributed by atoms with Crippen LogP contribution in [0.5, 0.6) is 0 Å². The summed E-state index contributed by atoms with van der Waals surface area (Å²) in [7, 11) is 4.29. The number of hydrogen-bond acceptors (Lipinski definition) is 6. The molecule has 0 aromatic carbocycles. The predicted molar refractivity (Wildman–Crippen MR) is 80.7 cm³/mol. The topological polar surface area (TPSA) is 81.6 Å². The molecule has 0 bridgehead atoms. The van der Waals surface area contributed by atoms with Gasteiger partial charge in [-0.3, -0.25) is 4.90 Å². The monoisotopic (exact) mass is 291 g/mol. The van der Waals surface area contributed by atoms with Gasteiger partial charge in [0.05, 0.1) is 0 Å².